The van der Waals surface area contributed by atoms with Gasteiger partial charge in [0.15, 0.2) is 6.10 Å². The van der Waals surface area contributed by atoms with Crippen LogP contribution in [0.2, 0.25) is 0 Å². The van der Waals surface area contributed by atoms with Crippen molar-refractivity contribution in [3.63, 3.8) is 0 Å². The van der Waals surface area contributed by atoms with Crippen molar-refractivity contribution in [2.75, 3.05) is 19.6 Å². The number of hydrogen-bond acceptors (Lipinski definition) is 4. The number of aromatic amines is 2. The van der Waals surface area contributed by atoms with Gasteiger partial charge in [-0.1, -0.05) is 6.07 Å². The number of alkyl halides is 3. The zero-order valence-electron chi connectivity index (χ0n) is 22.7. The first-order chi connectivity index (χ1) is 20.6. The zero-order chi connectivity index (χ0) is 30.0. The molecule has 1 saturated heterocycles. The second-order valence-corrected chi connectivity index (χ2v) is 11.1. The summed E-state index contributed by atoms with van der Waals surface area (Å²) in [6.45, 7) is 0.951. The number of carbonyl (C=O) groups is 1. The normalized spacial score (nSPS) is 17.1. The van der Waals surface area contributed by atoms with Crippen LogP contribution in [0.25, 0.3) is 39.1 Å². The number of urea groups is 1. The van der Waals surface area contributed by atoms with E-state index in [9.17, 15) is 27.9 Å². The van der Waals surface area contributed by atoms with Gasteiger partial charge in [0.1, 0.15) is 11.5 Å². The highest BCUT2D eigenvalue weighted by Crippen LogP contribution is 2.38. The molecule has 0 spiro atoms. The quantitative estimate of drug-likeness (QED) is 0.269. The summed E-state index contributed by atoms with van der Waals surface area (Å²) in [6.07, 6.45) is -1.78. The number of H-pyrrole nitrogens is 2. The summed E-state index contributed by atoms with van der Waals surface area (Å²) in [5.41, 5.74) is 3.63. The number of piperidine rings is 1. The Morgan fingerprint density at radius 1 is 1.07 bits per heavy atom. The highest BCUT2D eigenvalue weighted by molar-refractivity contribution is 6.00. The third-order valence-electron chi connectivity index (χ3n) is 8.57. The molecule has 0 aliphatic carbocycles. The molecule has 1 aromatic carbocycles. The van der Waals surface area contributed by atoms with E-state index in [1.165, 1.54) is 17.0 Å². The van der Waals surface area contributed by atoms with Gasteiger partial charge in [0.2, 0.25) is 0 Å². The van der Waals surface area contributed by atoms with Gasteiger partial charge in [0.25, 0.3) is 5.56 Å². The Balaban J connectivity index is 1.20. The first kappa shape index (κ1) is 27.3. The third kappa shape index (κ3) is 4.56. The molecule has 2 aliphatic rings. The van der Waals surface area contributed by atoms with E-state index in [1.807, 2.05) is 29.0 Å². The molecule has 1 unspecified atom stereocenters. The van der Waals surface area contributed by atoms with Gasteiger partial charge in [0, 0.05) is 56.1 Å². The van der Waals surface area contributed by atoms with Crippen molar-refractivity contribution in [1.82, 2.24) is 33.9 Å². The summed E-state index contributed by atoms with van der Waals surface area (Å²) in [5.74, 6) is -1.47. The molecule has 7 rings (SSSR count). The summed E-state index contributed by atoms with van der Waals surface area (Å²) in [5, 5.41) is 15.8. The van der Waals surface area contributed by atoms with Crippen molar-refractivity contribution in [2.24, 2.45) is 5.92 Å². The Kier molecular flexibility index (Phi) is 6.34. The summed E-state index contributed by atoms with van der Waals surface area (Å²) < 4.78 is 57.7. The number of pyridine rings is 1. The maximum Gasteiger partial charge on any atom is 0.414 e. The fraction of sp³-hybridized carbons (Fsp3) is 0.345. The number of rotatable bonds is 3. The SMILES string of the molecule is O=C(N1CCC(C(O)C(F)(F)F)CC1)N1CCn2cc(-c3[nH][nH]c(=O)c3-c3cnc4ccccn34)c3cc(F)cc(c32)C1. The molecule has 224 valence electrons. The van der Waals surface area contributed by atoms with E-state index in [1.54, 1.807) is 21.7 Å². The van der Waals surface area contributed by atoms with E-state index in [-0.39, 0.29) is 50.6 Å². The number of benzene rings is 1. The predicted octanol–water partition coefficient (Wildman–Crippen LogP) is 4.35. The van der Waals surface area contributed by atoms with E-state index < -0.39 is 24.0 Å². The number of carbonyl (C=O) groups excluding carboxylic acids is 1. The standard InChI is InChI=1S/C29H27F4N7O3/c30-18-11-17-14-39(28(43)37-7-4-16(5-8-37)26(41)29(31,32)33)10-9-38-15-20(19(12-18)25(17)38)24-23(27(42)36-35-24)21-13-34-22-3-1-2-6-40(21)22/h1-3,6,11-13,15-16,26,41H,4-5,7-10,14H2,(H2,35,36,42). The lowest BCUT2D eigenvalue weighted by Gasteiger charge is -2.37. The van der Waals surface area contributed by atoms with Crippen LogP contribution in [0.5, 0.6) is 0 Å². The molecule has 4 aromatic heterocycles. The smallest absolute Gasteiger partial charge is 0.383 e. The van der Waals surface area contributed by atoms with Gasteiger partial charge >= 0.3 is 12.2 Å². The van der Waals surface area contributed by atoms with Gasteiger partial charge in [-0.05, 0) is 48.6 Å². The van der Waals surface area contributed by atoms with Crippen molar-refractivity contribution in [3.05, 3.63) is 70.7 Å². The summed E-state index contributed by atoms with van der Waals surface area (Å²) in [7, 11) is 0. The van der Waals surface area contributed by atoms with Crippen LogP contribution < -0.4 is 5.56 Å². The molecule has 2 aliphatic heterocycles. The number of aromatic nitrogens is 5. The van der Waals surface area contributed by atoms with Crippen LogP contribution in [0.1, 0.15) is 18.4 Å². The van der Waals surface area contributed by atoms with Crippen LogP contribution in [-0.2, 0) is 13.1 Å². The van der Waals surface area contributed by atoms with Crippen molar-refractivity contribution in [2.45, 2.75) is 38.2 Å². The number of halogens is 4. The summed E-state index contributed by atoms with van der Waals surface area (Å²) in [4.78, 5) is 33.9. The van der Waals surface area contributed by atoms with Crippen molar-refractivity contribution in [1.29, 1.82) is 0 Å². The van der Waals surface area contributed by atoms with E-state index in [2.05, 4.69) is 15.2 Å². The molecular weight excluding hydrogens is 570 g/mol. The number of aliphatic hydroxyl groups excluding tert-OH is 1. The lowest BCUT2D eigenvalue weighted by atomic mass is 9.91. The number of imidazole rings is 1. The number of fused-ring (bicyclic) bond motifs is 1. The highest BCUT2D eigenvalue weighted by atomic mass is 19.4. The van der Waals surface area contributed by atoms with Crippen LogP contribution in [0.4, 0.5) is 22.4 Å². The predicted molar refractivity (Wildman–Crippen MR) is 149 cm³/mol. The molecule has 0 bridgehead atoms. The molecule has 0 saturated carbocycles. The van der Waals surface area contributed by atoms with Gasteiger partial charge in [-0.15, -0.1) is 0 Å². The van der Waals surface area contributed by atoms with Crippen molar-refractivity contribution >= 4 is 22.6 Å². The number of amides is 2. The van der Waals surface area contributed by atoms with Crippen LogP contribution in [0.3, 0.4) is 0 Å². The Bertz CT molecular complexity index is 1910. The lowest BCUT2D eigenvalue weighted by molar-refractivity contribution is -0.222. The number of aliphatic hydroxyl groups is 1. The van der Waals surface area contributed by atoms with Gasteiger partial charge in [-0.25, -0.2) is 14.2 Å². The molecule has 2 amide bonds. The highest BCUT2D eigenvalue weighted by Gasteiger charge is 2.44. The van der Waals surface area contributed by atoms with Gasteiger partial charge in [-0.2, -0.15) is 13.2 Å². The average molecular weight is 598 g/mol. The molecule has 3 N–H and O–H groups in total. The summed E-state index contributed by atoms with van der Waals surface area (Å²) >= 11 is 0. The Hall–Kier alpha value is -4.59. The number of likely N-dealkylation sites (tertiary alicyclic amines) is 1. The van der Waals surface area contributed by atoms with Crippen LogP contribution in [0.15, 0.2) is 53.7 Å². The lowest BCUT2D eigenvalue weighted by Crippen LogP contribution is -2.49. The topological polar surface area (TPSA) is 115 Å². The molecular formula is C29H27F4N7O3. The molecule has 1 fully saturated rings. The molecule has 14 heteroatoms. The van der Waals surface area contributed by atoms with Gasteiger partial charge < -0.3 is 19.5 Å². The third-order valence-corrected chi connectivity index (χ3v) is 8.57. The second kappa shape index (κ2) is 10.0. The first-order valence-corrected chi connectivity index (χ1v) is 13.9. The first-order valence-electron chi connectivity index (χ1n) is 13.9. The monoisotopic (exact) mass is 597 g/mol. The molecule has 6 heterocycles. The fourth-order valence-electron chi connectivity index (χ4n) is 6.46. The maximum absolute atomic E-state index is 15.1. The minimum absolute atomic E-state index is 0.0392. The minimum atomic E-state index is -4.70. The molecule has 0 radical (unpaired) electrons. The largest absolute Gasteiger partial charge is 0.414 e. The summed E-state index contributed by atoms with van der Waals surface area (Å²) in [6, 6.07) is 7.95. The molecule has 10 nitrogen and oxygen atoms in total. The number of nitrogens with one attached hydrogen (secondary N) is 2. The Morgan fingerprint density at radius 3 is 2.63 bits per heavy atom. The Labute approximate surface area is 241 Å². The van der Waals surface area contributed by atoms with E-state index in [4.69, 9.17) is 0 Å². The van der Waals surface area contributed by atoms with E-state index >= 15 is 4.39 Å². The molecule has 43 heavy (non-hydrogen) atoms. The number of hydrogen-bond donors (Lipinski definition) is 3. The average Bonchev–Trinajstić information content (AvgIpc) is 3.64. The van der Waals surface area contributed by atoms with Crippen molar-refractivity contribution < 1.29 is 27.5 Å². The van der Waals surface area contributed by atoms with Gasteiger partial charge in [0.05, 0.1) is 28.7 Å². The van der Waals surface area contributed by atoms with Crippen molar-refractivity contribution in [3.8, 4) is 22.5 Å². The van der Waals surface area contributed by atoms with E-state index in [0.717, 1.165) is 5.52 Å². The van der Waals surface area contributed by atoms with Crippen LogP contribution in [-0.4, -0.2) is 77.0 Å². The second-order valence-electron chi connectivity index (χ2n) is 11.1. The zero-order valence-corrected chi connectivity index (χ0v) is 22.7. The molecule has 1 atom stereocenters. The minimum Gasteiger partial charge on any atom is -0.383 e. The van der Waals surface area contributed by atoms with Crippen LogP contribution >= 0.6 is 0 Å². The number of nitrogens with zero attached hydrogens (tertiary/aromatic N) is 5. The fourth-order valence-corrected chi connectivity index (χ4v) is 6.46. The van der Waals surface area contributed by atoms with E-state index in [0.29, 0.717) is 45.7 Å². The van der Waals surface area contributed by atoms with Gasteiger partial charge in [-0.3, -0.25) is 19.4 Å². The maximum atomic E-state index is 15.1. The Morgan fingerprint density at radius 2 is 1.86 bits per heavy atom. The molecule has 5 aromatic rings. The van der Waals surface area contributed by atoms with Crippen LogP contribution in [0, 0.1) is 11.7 Å².